The van der Waals surface area contributed by atoms with Gasteiger partial charge < -0.3 is 5.43 Å². The van der Waals surface area contributed by atoms with Crippen LogP contribution in [-0.4, -0.2) is 19.4 Å². The van der Waals surface area contributed by atoms with Gasteiger partial charge in [-0.25, -0.2) is 24.0 Å². The number of nitrogens with zero attached hydrogens (tertiary/aromatic N) is 1. The Balaban J connectivity index is 2.14. The van der Waals surface area contributed by atoms with Gasteiger partial charge in [-0.3, -0.25) is 0 Å². The number of rotatable bonds is 5. The molecule has 1 saturated carbocycles. The van der Waals surface area contributed by atoms with E-state index in [2.05, 4.69) is 22.1 Å². The third kappa shape index (κ3) is 3.47. The topological polar surface area (TPSA) is 97.1 Å². The molecule has 0 amide bonds. The van der Waals surface area contributed by atoms with E-state index in [1.165, 1.54) is 18.7 Å². The summed E-state index contributed by atoms with van der Waals surface area (Å²) in [7, 11) is -3.59. The molecule has 0 aliphatic heterocycles. The van der Waals surface area contributed by atoms with Gasteiger partial charge in [0.2, 0.25) is 10.0 Å². The number of hydrogen-bond donors (Lipinski definition) is 3. The van der Waals surface area contributed by atoms with Crippen LogP contribution >= 0.6 is 0 Å². The van der Waals surface area contributed by atoms with Crippen molar-refractivity contribution in [3.63, 3.8) is 0 Å². The van der Waals surface area contributed by atoms with Crippen molar-refractivity contribution in [1.29, 1.82) is 0 Å². The minimum absolute atomic E-state index is 0.00420. The van der Waals surface area contributed by atoms with E-state index in [1.807, 2.05) is 0 Å². The second kappa shape index (κ2) is 6.51. The van der Waals surface area contributed by atoms with Crippen LogP contribution in [0.5, 0.6) is 0 Å². The van der Waals surface area contributed by atoms with Crippen LogP contribution in [0.25, 0.3) is 0 Å². The highest BCUT2D eigenvalue weighted by molar-refractivity contribution is 7.89. The predicted octanol–water partition coefficient (Wildman–Crippen LogP) is 1.61. The molecule has 1 fully saturated rings. The summed E-state index contributed by atoms with van der Waals surface area (Å²) in [5.41, 5.74) is 2.33. The van der Waals surface area contributed by atoms with E-state index in [0.717, 1.165) is 25.7 Å². The maximum atomic E-state index is 12.4. The van der Waals surface area contributed by atoms with Crippen LogP contribution in [0.2, 0.25) is 0 Å². The Hall–Kier alpha value is -1.18. The van der Waals surface area contributed by atoms with E-state index in [-0.39, 0.29) is 16.8 Å². The lowest BCUT2D eigenvalue weighted by Crippen LogP contribution is -2.38. The van der Waals surface area contributed by atoms with Crippen molar-refractivity contribution >= 4 is 15.8 Å². The summed E-state index contributed by atoms with van der Waals surface area (Å²) in [6.45, 7) is 2.15. The van der Waals surface area contributed by atoms with Crippen LogP contribution < -0.4 is 16.0 Å². The predicted molar refractivity (Wildman–Crippen MR) is 78.4 cm³/mol. The monoisotopic (exact) mass is 298 g/mol. The van der Waals surface area contributed by atoms with Crippen molar-refractivity contribution in [1.82, 2.24) is 9.71 Å². The molecular formula is C13H22N4O2S. The van der Waals surface area contributed by atoms with Crippen molar-refractivity contribution in [2.75, 3.05) is 5.43 Å². The van der Waals surface area contributed by atoms with Gasteiger partial charge in [0.15, 0.2) is 5.82 Å². The normalized spacial score (nSPS) is 23.5. The molecule has 4 N–H and O–H groups in total. The van der Waals surface area contributed by atoms with Gasteiger partial charge in [-0.1, -0.05) is 26.2 Å². The molecule has 2 unspecified atom stereocenters. The first-order valence-electron chi connectivity index (χ1n) is 7.00. The number of nitrogens with two attached hydrogens (primary N) is 1. The van der Waals surface area contributed by atoms with Crippen LogP contribution in [0.4, 0.5) is 5.82 Å². The maximum Gasteiger partial charge on any atom is 0.244 e. The second-order valence-electron chi connectivity index (χ2n) is 5.25. The van der Waals surface area contributed by atoms with E-state index >= 15 is 0 Å². The molecule has 2 atom stereocenters. The molecular weight excluding hydrogens is 276 g/mol. The number of hydrazine groups is 1. The summed E-state index contributed by atoms with van der Waals surface area (Å²) in [5.74, 6) is 6.10. The molecule has 112 valence electrons. The molecule has 7 heteroatoms. The lowest BCUT2D eigenvalue weighted by Gasteiger charge is -2.29. The van der Waals surface area contributed by atoms with Crippen LogP contribution in [0.15, 0.2) is 23.2 Å². The highest BCUT2D eigenvalue weighted by Gasteiger charge is 2.27. The lowest BCUT2D eigenvalue weighted by molar-refractivity contribution is 0.301. The fourth-order valence-electron chi connectivity index (χ4n) is 2.77. The van der Waals surface area contributed by atoms with Crippen molar-refractivity contribution < 1.29 is 8.42 Å². The van der Waals surface area contributed by atoms with Crippen molar-refractivity contribution in [2.45, 2.75) is 50.0 Å². The van der Waals surface area contributed by atoms with Gasteiger partial charge >= 0.3 is 0 Å². The number of nitrogens with one attached hydrogen (secondary N) is 2. The Bertz CT molecular complexity index is 547. The van der Waals surface area contributed by atoms with Crippen LogP contribution in [-0.2, 0) is 10.0 Å². The van der Waals surface area contributed by atoms with E-state index in [1.54, 1.807) is 6.07 Å². The zero-order valence-electron chi connectivity index (χ0n) is 11.7. The molecule has 1 aliphatic rings. The Morgan fingerprint density at radius 2 is 2.25 bits per heavy atom. The first-order valence-corrected chi connectivity index (χ1v) is 8.49. The number of hydrogen-bond acceptors (Lipinski definition) is 5. The molecule has 20 heavy (non-hydrogen) atoms. The average molecular weight is 298 g/mol. The molecule has 1 aliphatic carbocycles. The summed E-state index contributed by atoms with van der Waals surface area (Å²) >= 11 is 0. The smallest absolute Gasteiger partial charge is 0.244 e. The summed E-state index contributed by atoms with van der Waals surface area (Å²) in [6, 6.07) is 3.10. The zero-order chi connectivity index (χ0) is 14.6. The molecule has 1 aromatic rings. The van der Waals surface area contributed by atoms with Gasteiger partial charge in [0.05, 0.1) is 0 Å². The van der Waals surface area contributed by atoms with Crippen LogP contribution in [0, 0.1) is 5.92 Å². The van der Waals surface area contributed by atoms with Crippen LogP contribution in [0.3, 0.4) is 0 Å². The fourth-order valence-corrected chi connectivity index (χ4v) is 4.17. The molecule has 0 saturated heterocycles. The number of aromatic nitrogens is 1. The van der Waals surface area contributed by atoms with E-state index in [9.17, 15) is 8.42 Å². The van der Waals surface area contributed by atoms with Crippen molar-refractivity contribution in [2.24, 2.45) is 11.8 Å². The minimum Gasteiger partial charge on any atom is -0.307 e. The highest BCUT2D eigenvalue weighted by Crippen LogP contribution is 2.28. The number of nitrogen functional groups attached to an aromatic ring is 1. The summed E-state index contributed by atoms with van der Waals surface area (Å²) < 4.78 is 27.6. The van der Waals surface area contributed by atoms with Gasteiger partial charge in [-0.2, -0.15) is 0 Å². The van der Waals surface area contributed by atoms with Crippen molar-refractivity contribution in [3.8, 4) is 0 Å². The SMILES string of the molecule is CCC1CCCC(NS(=O)(=O)c2cccnc2NN)C1. The van der Waals surface area contributed by atoms with Gasteiger partial charge in [0.25, 0.3) is 0 Å². The molecule has 2 rings (SSSR count). The largest absolute Gasteiger partial charge is 0.307 e. The first kappa shape index (κ1) is 15.2. The summed E-state index contributed by atoms with van der Waals surface area (Å²) in [4.78, 5) is 4.03. The lowest BCUT2D eigenvalue weighted by atomic mass is 9.85. The fraction of sp³-hybridized carbons (Fsp3) is 0.615. The number of anilines is 1. The average Bonchev–Trinajstić information content (AvgIpc) is 2.47. The zero-order valence-corrected chi connectivity index (χ0v) is 12.5. The Kier molecular flexibility index (Phi) is 4.95. The highest BCUT2D eigenvalue weighted by atomic mass is 32.2. The Labute approximate surface area is 120 Å². The quantitative estimate of drug-likeness (QED) is 0.567. The van der Waals surface area contributed by atoms with E-state index in [0.29, 0.717) is 5.92 Å². The first-order chi connectivity index (χ1) is 9.56. The molecule has 0 radical (unpaired) electrons. The van der Waals surface area contributed by atoms with E-state index in [4.69, 9.17) is 5.84 Å². The Morgan fingerprint density at radius 3 is 2.95 bits per heavy atom. The van der Waals surface area contributed by atoms with Crippen molar-refractivity contribution in [3.05, 3.63) is 18.3 Å². The van der Waals surface area contributed by atoms with E-state index < -0.39 is 10.0 Å². The molecule has 0 spiro atoms. The third-order valence-corrected chi connectivity index (χ3v) is 5.43. The van der Waals surface area contributed by atoms with Gasteiger partial charge in [0, 0.05) is 12.2 Å². The third-order valence-electron chi connectivity index (χ3n) is 3.88. The molecule has 0 bridgehead atoms. The summed E-state index contributed by atoms with van der Waals surface area (Å²) in [6.07, 6.45) is 6.66. The number of pyridine rings is 1. The molecule has 1 aromatic heterocycles. The van der Waals surface area contributed by atoms with Gasteiger partial charge in [0.1, 0.15) is 4.90 Å². The van der Waals surface area contributed by atoms with Crippen LogP contribution in [0.1, 0.15) is 39.0 Å². The Morgan fingerprint density at radius 1 is 1.45 bits per heavy atom. The minimum atomic E-state index is -3.59. The van der Waals surface area contributed by atoms with Gasteiger partial charge in [-0.15, -0.1) is 0 Å². The summed E-state index contributed by atoms with van der Waals surface area (Å²) in [5, 5.41) is 0. The number of sulfonamides is 1. The maximum absolute atomic E-state index is 12.4. The van der Waals surface area contributed by atoms with Gasteiger partial charge in [-0.05, 0) is 30.9 Å². The standard InChI is InChI=1S/C13H22N4O2S/c1-2-10-5-3-6-11(9-10)17-20(18,19)12-7-4-8-15-13(12)16-14/h4,7-8,10-11,17H,2-3,5-6,9,14H2,1H3,(H,15,16). The molecule has 0 aromatic carbocycles. The molecule has 1 heterocycles. The molecule has 6 nitrogen and oxygen atoms in total. The second-order valence-corrected chi connectivity index (χ2v) is 6.94.